The van der Waals surface area contributed by atoms with Gasteiger partial charge in [0.15, 0.2) is 5.82 Å². The number of rotatable bonds is 2. The molecule has 90 valence electrons. The van der Waals surface area contributed by atoms with E-state index in [9.17, 15) is 0 Å². The Kier molecular flexibility index (Phi) is 1.91. The Labute approximate surface area is 103 Å². The maximum Gasteiger partial charge on any atom is 0.234 e. The second-order valence-electron chi connectivity index (χ2n) is 5.30. The van der Waals surface area contributed by atoms with E-state index < -0.39 is 0 Å². The molecule has 2 aromatic heterocycles. The molecule has 2 aromatic rings. The molecular weight excluding hydrogens is 234 g/mol. The van der Waals surface area contributed by atoms with E-state index in [0.29, 0.717) is 5.92 Å². The highest BCUT2D eigenvalue weighted by Gasteiger charge is 2.36. The van der Waals surface area contributed by atoms with Crippen LogP contribution in [0.15, 0.2) is 0 Å². The van der Waals surface area contributed by atoms with Crippen LogP contribution in [0.25, 0.3) is 4.96 Å². The van der Waals surface area contributed by atoms with E-state index in [1.54, 1.807) is 11.3 Å². The average Bonchev–Trinajstić information content (AvgIpc) is 2.76. The van der Waals surface area contributed by atoms with Crippen molar-refractivity contribution in [3.63, 3.8) is 0 Å². The molecule has 3 heterocycles. The highest BCUT2D eigenvalue weighted by atomic mass is 32.1. The Hall–Kier alpha value is -1.01. The highest BCUT2D eigenvalue weighted by Crippen LogP contribution is 2.40. The van der Waals surface area contributed by atoms with Crippen molar-refractivity contribution in [3.05, 3.63) is 10.8 Å². The van der Waals surface area contributed by atoms with Gasteiger partial charge in [-0.1, -0.05) is 11.3 Å². The Balaban J connectivity index is 1.81. The molecular formula is C11H15N5S. The van der Waals surface area contributed by atoms with E-state index >= 15 is 0 Å². The lowest BCUT2D eigenvalue weighted by molar-refractivity contribution is 0.426. The first-order valence-corrected chi connectivity index (χ1v) is 7.06. The molecule has 5 nitrogen and oxygen atoms in total. The van der Waals surface area contributed by atoms with Gasteiger partial charge in [-0.2, -0.15) is 9.61 Å². The van der Waals surface area contributed by atoms with Crippen molar-refractivity contribution in [2.45, 2.75) is 44.1 Å². The quantitative estimate of drug-likeness (QED) is 0.879. The van der Waals surface area contributed by atoms with Gasteiger partial charge in [0.2, 0.25) is 4.96 Å². The van der Waals surface area contributed by atoms with Crippen LogP contribution in [0.2, 0.25) is 0 Å². The third kappa shape index (κ3) is 1.43. The topological polar surface area (TPSA) is 55.1 Å². The monoisotopic (exact) mass is 249 g/mol. The fourth-order valence-electron chi connectivity index (χ4n) is 2.53. The molecule has 0 spiro atoms. The Morgan fingerprint density at radius 2 is 2.29 bits per heavy atom. The van der Waals surface area contributed by atoms with Crippen LogP contribution in [0, 0.1) is 0 Å². The second kappa shape index (κ2) is 3.26. The highest BCUT2D eigenvalue weighted by molar-refractivity contribution is 7.16. The second-order valence-corrected chi connectivity index (χ2v) is 6.25. The van der Waals surface area contributed by atoms with Crippen LogP contribution in [0.1, 0.15) is 49.4 Å². The van der Waals surface area contributed by atoms with Crippen LogP contribution in [-0.2, 0) is 5.54 Å². The van der Waals surface area contributed by atoms with Gasteiger partial charge in [0.1, 0.15) is 5.01 Å². The van der Waals surface area contributed by atoms with Crippen LogP contribution < -0.4 is 5.32 Å². The maximum absolute atomic E-state index is 4.74. The van der Waals surface area contributed by atoms with E-state index in [-0.39, 0.29) is 5.54 Å². The lowest BCUT2D eigenvalue weighted by Gasteiger charge is -2.20. The smallest absolute Gasteiger partial charge is 0.234 e. The standard InChI is InChI=1S/C11H15N5S/c1-11(5-2-6-12-11)9-15-16-8(7-3-4-7)13-14-10(16)17-9/h7,12H,2-6H2,1H3. The minimum absolute atomic E-state index is 0.0478. The molecule has 1 unspecified atom stereocenters. The first kappa shape index (κ1) is 9.96. The van der Waals surface area contributed by atoms with Crippen LogP contribution in [-0.4, -0.2) is 26.4 Å². The zero-order valence-electron chi connectivity index (χ0n) is 9.81. The predicted octanol–water partition coefficient (Wildman–Crippen LogP) is 1.66. The first-order valence-electron chi connectivity index (χ1n) is 6.24. The van der Waals surface area contributed by atoms with Gasteiger partial charge in [-0.15, -0.1) is 10.2 Å². The van der Waals surface area contributed by atoms with Gasteiger partial charge in [0.25, 0.3) is 0 Å². The molecule has 1 saturated carbocycles. The minimum Gasteiger partial charge on any atom is -0.306 e. The van der Waals surface area contributed by atoms with Gasteiger partial charge < -0.3 is 5.32 Å². The summed E-state index contributed by atoms with van der Waals surface area (Å²) in [5.41, 5.74) is 0.0478. The summed E-state index contributed by atoms with van der Waals surface area (Å²) in [5, 5.41) is 17.9. The van der Waals surface area contributed by atoms with Gasteiger partial charge in [-0.25, -0.2) is 0 Å². The summed E-state index contributed by atoms with van der Waals surface area (Å²) < 4.78 is 1.96. The maximum atomic E-state index is 4.74. The molecule has 1 atom stereocenters. The number of fused-ring (bicyclic) bond motifs is 1. The van der Waals surface area contributed by atoms with Crippen LogP contribution in [0.3, 0.4) is 0 Å². The Bertz CT molecular complexity index is 561. The first-order chi connectivity index (χ1) is 8.26. The molecule has 1 aliphatic heterocycles. The lowest BCUT2D eigenvalue weighted by atomic mass is 10.0. The summed E-state index contributed by atoms with van der Waals surface area (Å²) in [6.45, 7) is 3.33. The van der Waals surface area contributed by atoms with Gasteiger partial charge >= 0.3 is 0 Å². The summed E-state index contributed by atoms with van der Waals surface area (Å²) >= 11 is 1.68. The fourth-order valence-corrected chi connectivity index (χ4v) is 3.53. The molecule has 6 heteroatoms. The van der Waals surface area contributed by atoms with Crippen LogP contribution in [0.4, 0.5) is 0 Å². The zero-order valence-corrected chi connectivity index (χ0v) is 10.6. The van der Waals surface area contributed by atoms with Gasteiger partial charge in [-0.05, 0) is 39.2 Å². The molecule has 0 amide bonds. The Morgan fingerprint density at radius 3 is 3.00 bits per heavy atom. The third-order valence-corrected chi connectivity index (χ3v) is 4.96. The molecule has 17 heavy (non-hydrogen) atoms. The van der Waals surface area contributed by atoms with Gasteiger partial charge in [0, 0.05) is 5.92 Å². The number of aromatic nitrogens is 4. The predicted molar refractivity (Wildman–Crippen MR) is 65.2 cm³/mol. The van der Waals surface area contributed by atoms with Crippen molar-refractivity contribution in [1.29, 1.82) is 0 Å². The molecule has 1 saturated heterocycles. The summed E-state index contributed by atoms with van der Waals surface area (Å²) in [6.07, 6.45) is 4.87. The van der Waals surface area contributed by atoms with Crippen molar-refractivity contribution in [2.24, 2.45) is 0 Å². The van der Waals surface area contributed by atoms with Crippen molar-refractivity contribution in [1.82, 2.24) is 25.1 Å². The lowest BCUT2D eigenvalue weighted by Crippen LogP contribution is -2.33. The number of nitrogens with zero attached hydrogens (tertiary/aromatic N) is 4. The molecule has 1 N–H and O–H groups in total. The van der Waals surface area contributed by atoms with E-state index in [4.69, 9.17) is 5.10 Å². The zero-order chi connectivity index (χ0) is 11.5. The Morgan fingerprint density at radius 1 is 1.41 bits per heavy atom. The van der Waals surface area contributed by atoms with Gasteiger partial charge in [-0.3, -0.25) is 0 Å². The summed E-state index contributed by atoms with van der Waals surface area (Å²) in [7, 11) is 0. The van der Waals surface area contributed by atoms with Crippen LogP contribution >= 0.6 is 11.3 Å². The van der Waals surface area contributed by atoms with E-state index in [1.165, 1.54) is 19.3 Å². The molecule has 2 fully saturated rings. The fraction of sp³-hybridized carbons (Fsp3) is 0.727. The summed E-state index contributed by atoms with van der Waals surface area (Å²) in [6, 6.07) is 0. The van der Waals surface area contributed by atoms with Crippen molar-refractivity contribution >= 4 is 16.3 Å². The van der Waals surface area contributed by atoms with Crippen LogP contribution in [0.5, 0.6) is 0 Å². The molecule has 1 aliphatic carbocycles. The molecule has 2 aliphatic rings. The van der Waals surface area contributed by atoms with E-state index in [2.05, 4.69) is 22.4 Å². The largest absolute Gasteiger partial charge is 0.306 e. The molecule has 0 aromatic carbocycles. The summed E-state index contributed by atoms with van der Waals surface area (Å²) in [4.78, 5) is 0.942. The number of hydrogen-bond acceptors (Lipinski definition) is 5. The van der Waals surface area contributed by atoms with Crippen molar-refractivity contribution in [3.8, 4) is 0 Å². The number of nitrogens with one attached hydrogen (secondary N) is 1. The molecule has 4 rings (SSSR count). The molecule has 0 radical (unpaired) electrons. The van der Waals surface area contributed by atoms with Gasteiger partial charge in [0.05, 0.1) is 5.54 Å². The number of hydrogen-bond donors (Lipinski definition) is 1. The SMILES string of the molecule is CC1(c2nn3c(C4CC4)nnc3s2)CCCN1. The normalized spacial score (nSPS) is 29.2. The molecule has 0 bridgehead atoms. The minimum atomic E-state index is 0.0478. The van der Waals surface area contributed by atoms with E-state index in [1.807, 2.05) is 4.52 Å². The van der Waals surface area contributed by atoms with Crippen molar-refractivity contribution in [2.75, 3.05) is 6.54 Å². The van der Waals surface area contributed by atoms with E-state index in [0.717, 1.165) is 28.8 Å². The average molecular weight is 249 g/mol. The summed E-state index contributed by atoms with van der Waals surface area (Å²) in [5.74, 6) is 1.66. The van der Waals surface area contributed by atoms with Crippen molar-refractivity contribution < 1.29 is 0 Å². The third-order valence-electron chi connectivity index (χ3n) is 3.80.